The molecule has 7 heteroatoms. The lowest BCUT2D eigenvalue weighted by Crippen LogP contribution is -2.37. The Kier molecular flexibility index (Phi) is 6.51. The highest BCUT2D eigenvalue weighted by Gasteiger charge is 2.25. The van der Waals surface area contributed by atoms with E-state index in [1.807, 2.05) is 36.4 Å². The van der Waals surface area contributed by atoms with Gasteiger partial charge in [0, 0.05) is 24.7 Å². The second-order valence-corrected chi connectivity index (χ2v) is 7.15. The van der Waals surface area contributed by atoms with Crippen molar-refractivity contribution >= 4 is 22.8 Å². The predicted molar refractivity (Wildman–Crippen MR) is 115 cm³/mol. The molecule has 7 nitrogen and oxygen atoms in total. The molecular weight excluding hydrogens is 396 g/mol. The number of rotatable bonds is 6. The molecule has 0 aliphatic rings. The van der Waals surface area contributed by atoms with E-state index in [-0.39, 0.29) is 34.9 Å². The zero-order valence-electron chi connectivity index (χ0n) is 17.5. The van der Waals surface area contributed by atoms with Crippen molar-refractivity contribution in [2.45, 2.75) is 26.4 Å². The lowest BCUT2D eigenvalue weighted by molar-refractivity contribution is -0.138. The largest absolute Gasteiger partial charge is 0.455 e. The van der Waals surface area contributed by atoms with E-state index in [1.165, 1.54) is 24.9 Å². The summed E-state index contributed by atoms with van der Waals surface area (Å²) in [7, 11) is 1.54. The van der Waals surface area contributed by atoms with Crippen molar-refractivity contribution in [2.75, 3.05) is 13.6 Å². The summed E-state index contributed by atoms with van der Waals surface area (Å²) in [5, 5.41) is 8.93. The van der Waals surface area contributed by atoms with E-state index in [2.05, 4.69) is 0 Å². The zero-order valence-corrected chi connectivity index (χ0v) is 17.5. The number of nitriles is 1. The maximum atomic E-state index is 12.9. The zero-order chi connectivity index (χ0) is 22.5. The summed E-state index contributed by atoms with van der Waals surface area (Å²) in [6.45, 7) is 3.38. The van der Waals surface area contributed by atoms with Crippen molar-refractivity contribution in [3.05, 3.63) is 69.9 Å². The van der Waals surface area contributed by atoms with Crippen LogP contribution in [0.5, 0.6) is 0 Å². The van der Waals surface area contributed by atoms with Crippen LogP contribution in [0.25, 0.3) is 22.3 Å². The van der Waals surface area contributed by atoms with E-state index in [0.717, 1.165) is 0 Å². The van der Waals surface area contributed by atoms with E-state index in [9.17, 15) is 14.4 Å². The van der Waals surface area contributed by atoms with E-state index in [4.69, 9.17) is 14.4 Å². The first-order valence-corrected chi connectivity index (χ1v) is 9.80. The Balaban J connectivity index is 1.98. The van der Waals surface area contributed by atoms with Crippen molar-refractivity contribution < 1.29 is 18.7 Å². The summed E-state index contributed by atoms with van der Waals surface area (Å²) in [4.78, 5) is 39.5. The molecule has 0 fully saturated rings. The molecular formula is C24H22N2O5. The number of ether oxygens (including phenoxy) is 1. The Hall–Kier alpha value is -3.92. The van der Waals surface area contributed by atoms with Crippen molar-refractivity contribution in [3.8, 4) is 17.4 Å². The van der Waals surface area contributed by atoms with Gasteiger partial charge in [0.05, 0.1) is 17.9 Å². The van der Waals surface area contributed by atoms with Crippen LogP contribution in [0.15, 0.2) is 57.7 Å². The number of likely N-dealkylation sites (N-methyl/N-ethyl adjacent to an activating group) is 1. The first-order valence-electron chi connectivity index (χ1n) is 9.80. The van der Waals surface area contributed by atoms with Crippen molar-refractivity contribution in [2.24, 2.45) is 0 Å². The normalized spacial score (nSPS) is 11.5. The minimum atomic E-state index is -1.06. The molecule has 2 aromatic carbocycles. The van der Waals surface area contributed by atoms with Gasteiger partial charge >= 0.3 is 5.97 Å². The average Bonchev–Trinajstić information content (AvgIpc) is 2.79. The fraction of sp³-hybridized carbons (Fsp3) is 0.250. The fourth-order valence-corrected chi connectivity index (χ4v) is 3.25. The van der Waals surface area contributed by atoms with Gasteiger partial charge in [-0.2, -0.15) is 5.26 Å². The van der Waals surface area contributed by atoms with Gasteiger partial charge in [0.25, 0.3) is 5.91 Å². The number of para-hydroxylation sites is 1. The number of fused-ring (bicyclic) bond motifs is 1. The lowest BCUT2D eigenvalue weighted by atomic mass is 10.0. The van der Waals surface area contributed by atoms with Gasteiger partial charge in [0.2, 0.25) is 0 Å². The highest BCUT2D eigenvalue weighted by molar-refractivity contribution is 6.03. The number of nitrogens with zero attached hydrogens (tertiary/aromatic N) is 2. The number of carbonyl (C=O) groups is 2. The van der Waals surface area contributed by atoms with Crippen LogP contribution in [0.2, 0.25) is 0 Å². The van der Waals surface area contributed by atoms with Gasteiger partial charge in [-0.15, -0.1) is 0 Å². The molecule has 0 spiro atoms. The summed E-state index contributed by atoms with van der Waals surface area (Å²) in [6.07, 6.45) is -0.879. The first-order chi connectivity index (χ1) is 14.8. The van der Waals surface area contributed by atoms with Crippen molar-refractivity contribution in [1.82, 2.24) is 4.90 Å². The number of carbonyl (C=O) groups excluding carboxylic acids is 2. The third-order valence-corrected chi connectivity index (χ3v) is 4.97. The molecule has 0 saturated heterocycles. The second-order valence-electron chi connectivity index (χ2n) is 7.15. The molecule has 0 unspecified atom stereocenters. The summed E-state index contributed by atoms with van der Waals surface area (Å²) in [5.41, 5.74) is 1.08. The minimum absolute atomic E-state index is 0.0612. The topological polar surface area (TPSA) is 101 Å². The van der Waals surface area contributed by atoms with Crippen LogP contribution < -0.4 is 5.43 Å². The van der Waals surface area contributed by atoms with Crippen molar-refractivity contribution in [1.29, 1.82) is 5.26 Å². The third-order valence-electron chi connectivity index (χ3n) is 4.97. The van der Waals surface area contributed by atoms with Crippen LogP contribution in [-0.4, -0.2) is 36.5 Å². The molecule has 1 heterocycles. The molecule has 1 amide bonds. The number of hydrogen-bond acceptors (Lipinski definition) is 6. The maximum Gasteiger partial charge on any atom is 0.342 e. The SMILES string of the molecule is Cc1c(-c2ccccc2)oc2c(C(=O)O[C@H](C)C(=O)N(C)CCC#N)cccc2c1=O. The van der Waals surface area contributed by atoms with E-state index >= 15 is 0 Å². The van der Waals surface area contributed by atoms with Gasteiger partial charge in [-0.05, 0) is 26.0 Å². The minimum Gasteiger partial charge on any atom is -0.455 e. The van der Waals surface area contributed by atoms with Gasteiger partial charge in [0.15, 0.2) is 17.1 Å². The molecule has 31 heavy (non-hydrogen) atoms. The standard InChI is InChI=1S/C24H22N2O5/c1-15-20(27)18-11-7-12-19(22(18)31-21(15)17-9-5-4-6-10-17)24(29)30-16(2)23(28)26(3)14-8-13-25/h4-7,9-12,16H,8,14H2,1-3H3/t16-/m1/s1. The number of esters is 1. The quantitative estimate of drug-likeness (QED) is 0.566. The van der Waals surface area contributed by atoms with Gasteiger partial charge in [-0.3, -0.25) is 9.59 Å². The van der Waals surface area contributed by atoms with Crippen LogP contribution in [0.4, 0.5) is 0 Å². The smallest absolute Gasteiger partial charge is 0.342 e. The monoisotopic (exact) mass is 418 g/mol. The average molecular weight is 418 g/mol. The summed E-state index contributed by atoms with van der Waals surface area (Å²) in [5.74, 6) is -0.823. The molecule has 3 aromatic rings. The van der Waals surface area contributed by atoms with Gasteiger partial charge in [-0.1, -0.05) is 36.4 Å². The van der Waals surface area contributed by atoms with Gasteiger partial charge in [0.1, 0.15) is 11.3 Å². The Labute approximate surface area is 179 Å². The first kappa shape index (κ1) is 21.8. The van der Waals surface area contributed by atoms with E-state index in [1.54, 1.807) is 19.1 Å². The molecule has 1 atom stereocenters. The van der Waals surface area contributed by atoms with Crippen LogP contribution in [0.3, 0.4) is 0 Å². The molecule has 0 aliphatic heterocycles. The van der Waals surface area contributed by atoms with E-state index < -0.39 is 18.0 Å². The molecule has 1 aromatic heterocycles. The van der Waals surface area contributed by atoms with Crippen LogP contribution in [0, 0.1) is 18.3 Å². The molecule has 0 radical (unpaired) electrons. The number of benzene rings is 2. The predicted octanol–water partition coefficient (Wildman–Crippen LogP) is 3.69. The summed E-state index contributed by atoms with van der Waals surface area (Å²) < 4.78 is 11.4. The Morgan fingerprint density at radius 1 is 1.16 bits per heavy atom. The molecule has 0 saturated carbocycles. The third kappa shape index (κ3) is 4.48. The van der Waals surface area contributed by atoms with E-state index in [0.29, 0.717) is 16.9 Å². The Bertz CT molecular complexity index is 1220. The maximum absolute atomic E-state index is 12.9. The molecule has 0 N–H and O–H groups in total. The fourth-order valence-electron chi connectivity index (χ4n) is 3.25. The molecule has 158 valence electrons. The Morgan fingerprint density at radius 2 is 1.87 bits per heavy atom. The summed E-state index contributed by atoms with van der Waals surface area (Å²) in [6, 6.07) is 15.8. The second kappa shape index (κ2) is 9.26. The van der Waals surface area contributed by atoms with Crippen LogP contribution in [0.1, 0.15) is 29.3 Å². The highest BCUT2D eigenvalue weighted by Crippen LogP contribution is 2.27. The van der Waals surface area contributed by atoms with Crippen LogP contribution >= 0.6 is 0 Å². The lowest BCUT2D eigenvalue weighted by Gasteiger charge is -2.20. The molecule has 0 bridgehead atoms. The summed E-state index contributed by atoms with van der Waals surface area (Å²) >= 11 is 0. The van der Waals surface area contributed by atoms with Crippen LogP contribution in [-0.2, 0) is 9.53 Å². The molecule has 3 rings (SSSR count). The highest BCUT2D eigenvalue weighted by atomic mass is 16.5. The molecule has 0 aliphatic carbocycles. The van der Waals surface area contributed by atoms with Gasteiger partial charge in [-0.25, -0.2) is 4.79 Å². The number of hydrogen-bond donors (Lipinski definition) is 0. The van der Waals surface area contributed by atoms with Crippen molar-refractivity contribution in [3.63, 3.8) is 0 Å². The number of amides is 1. The van der Waals surface area contributed by atoms with Gasteiger partial charge < -0.3 is 14.1 Å². The Morgan fingerprint density at radius 3 is 2.55 bits per heavy atom.